The van der Waals surface area contributed by atoms with Crippen molar-refractivity contribution in [2.45, 2.75) is 26.4 Å². The maximum atomic E-state index is 10.7. The highest BCUT2D eigenvalue weighted by molar-refractivity contribution is 5.72. The Balaban J connectivity index is 2.12. The van der Waals surface area contributed by atoms with Crippen molar-refractivity contribution < 1.29 is 14.6 Å². The van der Waals surface area contributed by atoms with Gasteiger partial charge in [0.1, 0.15) is 5.75 Å². The Bertz CT molecular complexity index is 570. The molecule has 3 nitrogen and oxygen atoms in total. The largest absolute Gasteiger partial charge is 0.479 e. The van der Waals surface area contributed by atoms with Crippen molar-refractivity contribution in [2.24, 2.45) is 0 Å². The number of hydrogen-bond donors (Lipinski definition) is 1. The first-order valence-corrected chi connectivity index (χ1v) is 6.69. The smallest absolute Gasteiger partial charge is 0.344 e. The molecule has 1 N–H and O–H groups in total. The summed E-state index contributed by atoms with van der Waals surface area (Å²) in [6.45, 7) is 3.64. The molecule has 2 rings (SSSR count). The van der Waals surface area contributed by atoms with Crippen LogP contribution in [0.4, 0.5) is 0 Å². The van der Waals surface area contributed by atoms with E-state index in [2.05, 4.69) is 31.2 Å². The molecule has 0 aromatic heterocycles. The van der Waals surface area contributed by atoms with E-state index in [1.807, 2.05) is 12.1 Å². The molecule has 2 aromatic carbocycles. The summed E-state index contributed by atoms with van der Waals surface area (Å²) in [7, 11) is 0. The molecule has 0 saturated heterocycles. The highest BCUT2D eigenvalue weighted by atomic mass is 16.5. The Labute approximate surface area is 118 Å². The van der Waals surface area contributed by atoms with Gasteiger partial charge in [-0.1, -0.05) is 43.3 Å². The van der Waals surface area contributed by atoms with Crippen LogP contribution in [-0.2, 0) is 11.2 Å². The van der Waals surface area contributed by atoms with E-state index in [1.165, 1.54) is 12.5 Å². The third-order valence-corrected chi connectivity index (χ3v) is 3.21. The van der Waals surface area contributed by atoms with Gasteiger partial charge in [-0.25, -0.2) is 4.79 Å². The van der Waals surface area contributed by atoms with Crippen molar-refractivity contribution >= 4 is 5.97 Å². The summed E-state index contributed by atoms with van der Waals surface area (Å²) in [6, 6.07) is 15.9. The minimum absolute atomic E-state index is 0.564. The van der Waals surface area contributed by atoms with E-state index in [9.17, 15) is 4.79 Å². The van der Waals surface area contributed by atoms with E-state index in [-0.39, 0.29) is 0 Å². The highest BCUT2D eigenvalue weighted by Gasteiger charge is 2.12. The molecule has 0 saturated carbocycles. The minimum Gasteiger partial charge on any atom is -0.479 e. The maximum Gasteiger partial charge on any atom is 0.344 e. The van der Waals surface area contributed by atoms with Gasteiger partial charge in [0.2, 0.25) is 0 Å². The Hall–Kier alpha value is -2.29. The van der Waals surface area contributed by atoms with Gasteiger partial charge in [-0.2, -0.15) is 0 Å². The van der Waals surface area contributed by atoms with Crippen LogP contribution >= 0.6 is 0 Å². The van der Waals surface area contributed by atoms with E-state index in [0.29, 0.717) is 5.75 Å². The summed E-state index contributed by atoms with van der Waals surface area (Å²) in [5.74, 6) is -0.405. The van der Waals surface area contributed by atoms with Crippen LogP contribution in [0.25, 0.3) is 11.1 Å². The summed E-state index contributed by atoms with van der Waals surface area (Å²) < 4.78 is 5.30. The molecule has 0 radical (unpaired) electrons. The fraction of sp³-hybridized carbons (Fsp3) is 0.235. The van der Waals surface area contributed by atoms with Crippen LogP contribution in [0.15, 0.2) is 48.5 Å². The SMILES string of the molecule is CCc1ccc(-c2ccc(O[C@@H](C)C(=O)O)cc2)cc1. The predicted molar refractivity (Wildman–Crippen MR) is 79.0 cm³/mol. The lowest BCUT2D eigenvalue weighted by Gasteiger charge is -2.11. The van der Waals surface area contributed by atoms with Gasteiger partial charge in [-0.05, 0) is 42.2 Å². The van der Waals surface area contributed by atoms with Gasteiger partial charge < -0.3 is 9.84 Å². The van der Waals surface area contributed by atoms with Crippen LogP contribution in [0.1, 0.15) is 19.4 Å². The summed E-state index contributed by atoms with van der Waals surface area (Å²) in [5, 5.41) is 8.80. The number of benzene rings is 2. The molecule has 0 aliphatic carbocycles. The first-order valence-electron chi connectivity index (χ1n) is 6.69. The van der Waals surface area contributed by atoms with Gasteiger partial charge in [0.05, 0.1) is 0 Å². The number of carboxylic acids is 1. The van der Waals surface area contributed by atoms with Crippen molar-refractivity contribution in [2.75, 3.05) is 0 Å². The first kappa shape index (κ1) is 14.1. The highest BCUT2D eigenvalue weighted by Crippen LogP contribution is 2.23. The summed E-state index contributed by atoms with van der Waals surface area (Å²) in [5.41, 5.74) is 3.53. The molecule has 104 valence electrons. The number of aliphatic carboxylic acids is 1. The summed E-state index contributed by atoms with van der Waals surface area (Å²) >= 11 is 0. The molecule has 2 aromatic rings. The number of carbonyl (C=O) groups is 1. The van der Waals surface area contributed by atoms with E-state index in [4.69, 9.17) is 9.84 Å². The Morgan fingerprint density at radius 2 is 1.55 bits per heavy atom. The second-order valence-electron chi connectivity index (χ2n) is 4.67. The zero-order chi connectivity index (χ0) is 14.5. The lowest BCUT2D eigenvalue weighted by molar-refractivity contribution is -0.144. The van der Waals surface area contributed by atoms with Crippen LogP contribution < -0.4 is 4.74 Å². The lowest BCUT2D eigenvalue weighted by atomic mass is 10.0. The predicted octanol–water partition coefficient (Wildman–Crippen LogP) is 3.77. The second-order valence-corrected chi connectivity index (χ2v) is 4.67. The lowest BCUT2D eigenvalue weighted by Crippen LogP contribution is -2.22. The third-order valence-electron chi connectivity index (χ3n) is 3.21. The average molecular weight is 270 g/mol. The number of rotatable bonds is 5. The fourth-order valence-electron chi connectivity index (χ4n) is 1.91. The van der Waals surface area contributed by atoms with Gasteiger partial charge in [-0.15, -0.1) is 0 Å². The van der Waals surface area contributed by atoms with Crippen molar-refractivity contribution in [3.8, 4) is 16.9 Å². The topological polar surface area (TPSA) is 46.5 Å². The number of hydrogen-bond acceptors (Lipinski definition) is 2. The summed E-state index contributed by atoms with van der Waals surface area (Å²) in [6.07, 6.45) is 0.185. The van der Waals surface area contributed by atoms with Crippen LogP contribution in [0, 0.1) is 0 Å². The van der Waals surface area contributed by atoms with Crippen molar-refractivity contribution in [1.82, 2.24) is 0 Å². The third kappa shape index (κ3) is 3.38. The van der Waals surface area contributed by atoms with Gasteiger partial charge >= 0.3 is 5.97 Å². The van der Waals surface area contributed by atoms with Crippen molar-refractivity contribution in [3.05, 3.63) is 54.1 Å². The van der Waals surface area contributed by atoms with Gasteiger partial charge in [0, 0.05) is 0 Å². The normalized spacial score (nSPS) is 11.9. The minimum atomic E-state index is -0.968. The van der Waals surface area contributed by atoms with Gasteiger partial charge in [-0.3, -0.25) is 0 Å². The molecule has 0 bridgehead atoms. The van der Waals surface area contributed by atoms with Gasteiger partial charge in [0.15, 0.2) is 6.10 Å². The zero-order valence-corrected chi connectivity index (χ0v) is 11.7. The molecule has 3 heteroatoms. The van der Waals surface area contributed by atoms with Gasteiger partial charge in [0.25, 0.3) is 0 Å². The number of carboxylic acid groups (broad SMARTS) is 1. The molecule has 0 fully saturated rings. The van der Waals surface area contributed by atoms with Crippen molar-refractivity contribution in [1.29, 1.82) is 0 Å². The molecule has 0 heterocycles. The Morgan fingerprint density at radius 3 is 2.00 bits per heavy atom. The molecule has 1 atom stereocenters. The van der Waals surface area contributed by atoms with E-state index in [1.54, 1.807) is 12.1 Å². The molecule has 0 amide bonds. The summed E-state index contributed by atoms with van der Waals surface area (Å²) in [4.78, 5) is 10.7. The van der Waals surface area contributed by atoms with Crippen LogP contribution in [-0.4, -0.2) is 17.2 Å². The van der Waals surface area contributed by atoms with E-state index < -0.39 is 12.1 Å². The Kier molecular flexibility index (Phi) is 4.41. The van der Waals surface area contributed by atoms with Crippen LogP contribution in [0.5, 0.6) is 5.75 Å². The number of aryl methyl sites for hydroxylation is 1. The van der Waals surface area contributed by atoms with E-state index in [0.717, 1.165) is 17.5 Å². The molecule has 0 unspecified atom stereocenters. The number of ether oxygens (including phenoxy) is 1. The van der Waals surface area contributed by atoms with Crippen molar-refractivity contribution in [3.63, 3.8) is 0 Å². The fourth-order valence-corrected chi connectivity index (χ4v) is 1.91. The maximum absolute atomic E-state index is 10.7. The molecular formula is C17H18O3. The quantitative estimate of drug-likeness (QED) is 0.899. The first-order chi connectivity index (χ1) is 9.60. The molecule has 0 spiro atoms. The molecule has 20 heavy (non-hydrogen) atoms. The zero-order valence-electron chi connectivity index (χ0n) is 11.7. The molecule has 0 aliphatic rings. The molecule has 0 aliphatic heterocycles. The monoisotopic (exact) mass is 270 g/mol. The van der Waals surface area contributed by atoms with Crippen LogP contribution in [0.2, 0.25) is 0 Å². The van der Waals surface area contributed by atoms with Crippen LogP contribution in [0.3, 0.4) is 0 Å². The Morgan fingerprint density at radius 1 is 1.05 bits per heavy atom. The second kappa shape index (κ2) is 6.24. The molecular weight excluding hydrogens is 252 g/mol. The van der Waals surface area contributed by atoms with E-state index >= 15 is 0 Å². The standard InChI is InChI=1S/C17H18O3/c1-3-13-4-6-14(7-5-13)15-8-10-16(11-9-15)20-12(2)17(18)19/h4-12H,3H2,1-2H3,(H,18,19)/t12-/m0/s1. The average Bonchev–Trinajstić information content (AvgIpc) is 2.48.